The van der Waals surface area contributed by atoms with Crippen molar-refractivity contribution in [2.45, 2.75) is 39.7 Å². The molecule has 0 saturated carbocycles. The minimum Gasteiger partial charge on any atom is -0.340 e. The van der Waals surface area contributed by atoms with E-state index in [-0.39, 0.29) is 0 Å². The van der Waals surface area contributed by atoms with Crippen molar-refractivity contribution >= 4 is 13.3 Å². The number of aryl methyl sites for hydroxylation is 1. The molecule has 0 atom stereocenters. The van der Waals surface area contributed by atoms with Crippen LogP contribution in [0.3, 0.4) is 0 Å². The molecule has 1 heterocycles. The van der Waals surface area contributed by atoms with Gasteiger partial charge in [0.15, 0.2) is 5.82 Å². The van der Waals surface area contributed by atoms with E-state index in [2.05, 4.69) is 59.4 Å². The molecular formula is C14H21N3OSi. The number of rotatable bonds is 5. The zero-order chi connectivity index (χ0) is 13.9. The molecule has 1 N–H and O–H groups in total. The highest BCUT2D eigenvalue weighted by Crippen LogP contribution is 2.04. The van der Waals surface area contributed by atoms with Crippen molar-refractivity contribution in [1.82, 2.24) is 15.5 Å². The first-order valence-corrected chi connectivity index (χ1v) is 10.0. The van der Waals surface area contributed by atoms with E-state index < -0.39 is 8.07 Å². The van der Waals surface area contributed by atoms with Gasteiger partial charge < -0.3 is 9.84 Å². The molecule has 4 nitrogen and oxygen atoms in total. The highest BCUT2D eigenvalue weighted by atomic mass is 28.3. The molecule has 0 saturated heterocycles. The summed E-state index contributed by atoms with van der Waals surface area (Å²) >= 11 is 0. The summed E-state index contributed by atoms with van der Waals surface area (Å²) in [5.41, 5.74) is 1.28. The second kappa shape index (κ2) is 5.67. The van der Waals surface area contributed by atoms with Gasteiger partial charge in [-0.25, -0.2) is 0 Å². The Morgan fingerprint density at radius 1 is 1.11 bits per heavy atom. The first-order chi connectivity index (χ1) is 8.95. The van der Waals surface area contributed by atoms with Crippen LogP contribution in [0.15, 0.2) is 28.8 Å². The number of hydrogen-bond acceptors (Lipinski definition) is 4. The lowest BCUT2D eigenvalue weighted by Gasteiger charge is -2.16. The third kappa shape index (κ3) is 4.01. The van der Waals surface area contributed by atoms with Crippen molar-refractivity contribution in [3.05, 3.63) is 41.5 Å². The molecule has 0 unspecified atom stereocenters. The minimum atomic E-state index is -1.19. The Labute approximate surface area is 115 Å². The third-order valence-corrected chi connectivity index (χ3v) is 5.07. The molecule has 2 rings (SSSR count). The van der Waals surface area contributed by atoms with E-state index in [0.29, 0.717) is 18.3 Å². The smallest absolute Gasteiger partial charge is 0.223 e. The predicted molar refractivity (Wildman–Crippen MR) is 79.0 cm³/mol. The summed E-state index contributed by atoms with van der Waals surface area (Å²) in [6, 6.07) is 8.90. The van der Waals surface area contributed by atoms with Crippen LogP contribution >= 0.6 is 0 Å². The van der Waals surface area contributed by atoms with Gasteiger partial charge in [-0.05, 0) is 5.56 Å². The van der Waals surface area contributed by atoms with Gasteiger partial charge in [0.05, 0.1) is 14.6 Å². The van der Waals surface area contributed by atoms with E-state index in [1.165, 1.54) is 10.8 Å². The van der Waals surface area contributed by atoms with Gasteiger partial charge in [-0.15, -0.1) is 0 Å². The Morgan fingerprint density at radius 3 is 2.32 bits per heavy atom. The van der Waals surface area contributed by atoms with Crippen LogP contribution in [0.4, 0.5) is 0 Å². The number of aromatic nitrogens is 2. The maximum atomic E-state index is 4.92. The van der Waals surface area contributed by atoms with Crippen LogP contribution in [0, 0.1) is 6.92 Å². The molecule has 0 bridgehead atoms. The average molecular weight is 275 g/mol. The normalized spacial score (nSPS) is 11.8. The number of benzene rings is 1. The van der Waals surface area contributed by atoms with E-state index in [9.17, 15) is 0 Å². The summed E-state index contributed by atoms with van der Waals surface area (Å²) in [7, 11) is -1.19. The van der Waals surface area contributed by atoms with E-state index >= 15 is 0 Å². The topological polar surface area (TPSA) is 51.0 Å². The molecule has 5 heteroatoms. The van der Waals surface area contributed by atoms with Gasteiger partial charge in [-0.3, -0.25) is 0 Å². The van der Waals surface area contributed by atoms with Crippen molar-refractivity contribution in [3.63, 3.8) is 0 Å². The second-order valence-electron chi connectivity index (χ2n) is 5.78. The summed E-state index contributed by atoms with van der Waals surface area (Å²) in [5, 5.41) is 8.66. The third-order valence-electron chi connectivity index (χ3n) is 3.00. The van der Waals surface area contributed by atoms with Crippen molar-refractivity contribution in [3.8, 4) is 0 Å². The Kier molecular flexibility index (Phi) is 4.16. The summed E-state index contributed by atoms with van der Waals surface area (Å²) < 4.78 is 4.92. The average Bonchev–Trinajstić information content (AvgIpc) is 2.75. The predicted octanol–water partition coefficient (Wildman–Crippen LogP) is 2.21. The molecule has 0 aliphatic rings. The van der Waals surface area contributed by atoms with Gasteiger partial charge in [-0.2, -0.15) is 4.98 Å². The molecule has 0 spiro atoms. The van der Waals surface area contributed by atoms with Gasteiger partial charge in [0.1, 0.15) is 0 Å². The van der Waals surface area contributed by atoms with E-state index in [0.717, 1.165) is 6.54 Å². The largest absolute Gasteiger partial charge is 0.340 e. The van der Waals surface area contributed by atoms with Crippen LogP contribution in [0.1, 0.15) is 17.3 Å². The highest BCUT2D eigenvalue weighted by Gasteiger charge is 2.15. The fourth-order valence-corrected chi connectivity index (χ4v) is 3.02. The fraction of sp³-hybridized carbons (Fsp3) is 0.429. The summed E-state index contributed by atoms with van der Waals surface area (Å²) in [5.74, 6) is 1.31. The Bertz CT molecular complexity index is 528. The van der Waals surface area contributed by atoms with Crippen LogP contribution in [0.25, 0.3) is 0 Å². The zero-order valence-electron chi connectivity index (χ0n) is 12.0. The van der Waals surface area contributed by atoms with Crippen LogP contribution in [-0.2, 0) is 13.1 Å². The molecule has 0 aliphatic carbocycles. The summed E-state index contributed by atoms with van der Waals surface area (Å²) in [4.78, 5) is 4.15. The molecular weight excluding hydrogens is 254 g/mol. The molecule has 0 aliphatic heterocycles. The quantitative estimate of drug-likeness (QED) is 0.850. The molecule has 0 radical (unpaired) electrons. The van der Waals surface area contributed by atoms with Crippen molar-refractivity contribution in [2.75, 3.05) is 0 Å². The standard InChI is InChI=1S/C14H21N3OSi/c1-11-16-14(17-18-11)10-15-9-12-5-7-13(8-6-12)19(2,3)4/h5-8,15H,9-10H2,1-4H3. The van der Waals surface area contributed by atoms with Gasteiger partial charge >= 0.3 is 0 Å². The minimum absolute atomic E-state index is 0.608. The first-order valence-electron chi connectivity index (χ1n) is 6.54. The van der Waals surface area contributed by atoms with Crippen molar-refractivity contribution in [1.29, 1.82) is 0 Å². The highest BCUT2D eigenvalue weighted by molar-refractivity contribution is 6.88. The summed E-state index contributed by atoms with van der Waals surface area (Å²) in [6.07, 6.45) is 0. The van der Waals surface area contributed by atoms with Crippen molar-refractivity contribution in [2.24, 2.45) is 0 Å². The second-order valence-corrected chi connectivity index (χ2v) is 10.9. The maximum absolute atomic E-state index is 4.92. The molecule has 19 heavy (non-hydrogen) atoms. The van der Waals surface area contributed by atoms with Crippen LogP contribution < -0.4 is 10.5 Å². The Hall–Kier alpha value is -1.46. The fourth-order valence-electron chi connectivity index (χ4n) is 1.85. The molecule has 2 aromatic rings. The first kappa shape index (κ1) is 14.0. The van der Waals surface area contributed by atoms with Crippen LogP contribution in [-0.4, -0.2) is 18.2 Å². The lowest BCUT2D eigenvalue weighted by Crippen LogP contribution is -2.37. The van der Waals surface area contributed by atoms with E-state index in [4.69, 9.17) is 4.52 Å². The van der Waals surface area contributed by atoms with Gasteiger partial charge in [0.25, 0.3) is 0 Å². The van der Waals surface area contributed by atoms with E-state index in [1.807, 2.05) is 0 Å². The van der Waals surface area contributed by atoms with Gasteiger partial charge in [0.2, 0.25) is 5.89 Å². The Morgan fingerprint density at radius 2 is 1.79 bits per heavy atom. The molecule has 1 aromatic carbocycles. The Balaban J connectivity index is 1.86. The molecule has 0 fully saturated rings. The zero-order valence-corrected chi connectivity index (χ0v) is 13.0. The number of hydrogen-bond donors (Lipinski definition) is 1. The molecule has 0 amide bonds. The number of nitrogens with zero attached hydrogens (tertiary/aromatic N) is 2. The summed E-state index contributed by atoms with van der Waals surface area (Å²) in [6.45, 7) is 10.3. The van der Waals surface area contributed by atoms with E-state index in [1.54, 1.807) is 6.92 Å². The van der Waals surface area contributed by atoms with Gasteiger partial charge in [-0.1, -0.05) is 54.2 Å². The lowest BCUT2D eigenvalue weighted by atomic mass is 10.2. The lowest BCUT2D eigenvalue weighted by molar-refractivity contribution is 0.385. The van der Waals surface area contributed by atoms with Crippen LogP contribution in [0.5, 0.6) is 0 Å². The number of nitrogens with one attached hydrogen (secondary N) is 1. The monoisotopic (exact) mass is 275 g/mol. The molecule has 1 aromatic heterocycles. The SMILES string of the molecule is Cc1nc(CNCc2ccc([Si](C)(C)C)cc2)no1. The maximum Gasteiger partial charge on any atom is 0.223 e. The van der Waals surface area contributed by atoms with Crippen molar-refractivity contribution < 1.29 is 4.52 Å². The molecule has 102 valence electrons. The van der Waals surface area contributed by atoms with Gasteiger partial charge in [0, 0.05) is 13.5 Å². The van der Waals surface area contributed by atoms with Crippen LogP contribution in [0.2, 0.25) is 19.6 Å².